The molecule has 1 amide bonds. The molecule has 0 radical (unpaired) electrons. The monoisotopic (exact) mass is 230 g/mol. The Hall–Kier alpha value is -1.79. The van der Waals surface area contributed by atoms with Crippen LogP contribution in [-0.4, -0.2) is 19.0 Å². The average molecular weight is 230 g/mol. The van der Waals surface area contributed by atoms with Gasteiger partial charge in [0, 0.05) is 5.69 Å². The Morgan fingerprint density at radius 1 is 1.47 bits per heavy atom. The molecule has 0 heterocycles. The molecule has 1 aromatic carbocycles. The van der Waals surface area contributed by atoms with Gasteiger partial charge in [0.25, 0.3) is 0 Å². The predicted molar refractivity (Wildman–Crippen MR) is 70.9 cm³/mol. The van der Waals surface area contributed by atoms with Crippen molar-refractivity contribution >= 4 is 11.6 Å². The standard InChI is InChI=1S/C14H18N2O/c1-4-8-15-10-14(17)16-13-7-5-6-12(9-13)11(2)3/h1,5-7,9,11,15H,8,10H2,2-3H3,(H,16,17). The lowest BCUT2D eigenvalue weighted by atomic mass is 10.0. The molecule has 0 saturated heterocycles. The predicted octanol–water partition coefficient (Wildman–Crippen LogP) is 1.97. The summed E-state index contributed by atoms with van der Waals surface area (Å²) < 4.78 is 0. The van der Waals surface area contributed by atoms with Crippen LogP contribution in [0.1, 0.15) is 25.3 Å². The first-order chi connectivity index (χ1) is 8.13. The van der Waals surface area contributed by atoms with Gasteiger partial charge in [0.05, 0.1) is 13.1 Å². The van der Waals surface area contributed by atoms with E-state index in [0.717, 1.165) is 5.69 Å². The molecule has 0 saturated carbocycles. The third kappa shape index (κ3) is 4.71. The number of hydrogen-bond acceptors (Lipinski definition) is 2. The maximum absolute atomic E-state index is 11.5. The quantitative estimate of drug-likeness (QED) is 0.600. The van der Waals surface area contributed by atoms with Gasteiger partial charge in [-0.2, -0.15) is 0 Å². The first-order valence-electron chi connectivity index (χ1n) is 5.67. The lowest BCUT2D eigenvalue weighted by Gasteiger charge is -2.09. The number of carbonyl (C=O) groups is 1. The Morgan fingerprint density at radius 2 is 2.24 bits per heavy atom. The Labute approximate surface area is 103 Å². The van der Waals surface area contributed by atoms with Gasteiger partial charge in [-0.1, -0.05) is 31.9 Å². The summed E-state index contributed by atoms with van der Waals surface area (Å²) in [6.45, 7) is 4.88. The van der Waals surface area contributed by atoms with Gasteiger partial charge in [-0.3, -0.25) is 10.1 Å². The van der Waals surface area contributed by atoms with Crippen molar-refractivity contribution < 1.29 is 4.79 Å². The maximum Gasteiger partial charge on any atom is 0.238 e. The molecule has 3 nitrogen and oxygen atoms in total. The second kappa shape index (κ2) is 6.72. The summed E-state index contributed by atoms with van der Waals surface area (Å²) >= 11 is 0. The van der Waals surface area contributed by atoms with Gasteiger partial charge in [0.1, 0.15) is 0 Å². The molecular formula is C14H18N2O. The van der Waals surface area contributed by atoms with Crippen molar-refractivity contribution in [2.75, 3.05) is 18.4 Å². The molecule has 0 aromatic heterocycles. The molecule has 0 atom stereocenters. The number of nitrogens with one attached hydrogen (secondary N) is 2. The average Bonchev–Trinajstić information content (AvgIpc) is 2.29. The molecule has 2 N–H and O–H groups in total. The summed E-state index contributed by atoms with van der Waals surface area (Å²) in [5, 5.41) is 5.67. The van der Waals surface area contributed by atoms with E-state index in [4.69, 9.17) is 6.42 Å². The van der Waals surface area contributed by atoms with E-state index in [2.05, 4.69) is 36.5 Å². The minimum atomic E-state index is -0.0823. The van der Waals surface area contributed by atoms with E-state index >= 15 is 0 Å². The van der Waals surface area contributed by atoms with Crippen LogP contribution >= 0.6 is 0 Å². The molecule has 0 unspecified atom stereocenters. The van der Waals surface area contributed by atoms with Crippen molar-refractivity contribution in [1.82, 2.24) is 5.32 Å². The minimum absolute atomic E-state index is 0.0823. The van der Waals surface area contributed by atoms with Crippen LogP contribution in [-0.2, 0) is 4.79 Å². The number of carbonyl (C=O) groups excluding carboxylic acids is 1. The molecule has 0 bridgehead atoms. The molecule has 1 rings (SSSR count). The van der Waals surface area contributed by atoms with E-state index in [1.54, 1.807) is 0 Å². The lowest BCUT2D eigenvalue weighted by Crippen LogP contribution is -2.28. The second-order valence-electron chi connectivity index (χ2n) is 4.14. The van der Waals surface area contributed by atoms with Gasteiger partial charge in [0.2, 0.25) is 5.91 Å². The van der Waals surface area contributed by atoms with Crippen LogP contribution in [0.3, 0.4) is 0 Å². The van der Waals surface area contributed by atoms with Crippen LogP contribution in [0.4, 0.5) is 5.69 Å². The first kappa shape index (κ1) is 13.3. The summed E-state index contributed by atoms with van der Waals surface area (Å²) in [4.78, 5) is 11.5. The van der Waals surface area contributed by atoms with Crippen LogP contribution < -0.4 is 10.6 Å². The smallest absolute Gasteiger partial charge is 0.238 e. The van der Waals surface area contributed by atoms with E-state index in [0.29, 0.717) is 12.5 Å². The lowest BCUT2D eigenvalue weighted by molar-refractivity contribution is -0.115. The van der Waals surface area contributed by atoms with Crippen LogP contribution in [0, 0.1) is 12.3 Å². The van der Waals surface area contributed by atoms with Crippen molar-refractivity contribution in [2.24, 2.45) is 0 Å². The molecule has 17 heavy (non-hydrogen) atoms. The van der Waals surface area contributed by atoms with Crippen LogP contribution in [0.25, 0.3) is 0 Å². The molecule has 0 aliphatic carbocycles. The molecule has 1 aromatic rings. The Kier molecular flexibility index (Phi) is 5.25. The highest BCUT2D eigenvalue weighted by Gasteiger charge is 2.03. The summed E-state index contributed by atoms with van der Waals surface area (Å²) in [6, 6.07) is 7.87. The van der Waals surface area contributed by atoms with Crippen molar-refractivity contribution in [3.8, 4) is 12.3 Å². The zero-order chi connectivity index (χ0) is 12.7. The number of hydrogen-bond donors (Lipinski definition) is 2. The zero-order valence-corrected chi connectivity index (χ0v) is 10.3. The number of benzene rings is 1. The van der Waals surface area contributed by atoms with E-state index in [-0.39, 0.29) is 12.5 Å². The Bertz CT molecular complexity index is 418. The summed E-state index contributed by atoms with van der Waals surface area (Å²) in [6.07, 6.45) is 5.08. The van der Waals surface area contributed by atoms with Crippen LogP contribution in [0.5, 0.6) is 0 Å². The van der Waals surface area contributed by atoms with Gasteiger partial charge < -0.3 is 5.32 Å². The van der Waals surface area contributed by atoms with Gasteiger partial charge >= 0.3 is 0 Å². The normalized spacial score (nSPS) is 10.0. The maximum atomic E-state index is 11.5. The molecule has 0 aliphatic rings. The fraction of sp³-hybridized carbons (Fsp3) is 0.357. The highest BCUT2D eigenvalue weighted by Crippen LogP contribution is 2.18. The van der Waals surface area contributed by atoms with Gasteiger partial charge in [-0.15, -0.1) is 6.42 Å². The number of amides is 1. The van der Waals surface area contributed by atoms with Crippen LogP contribution in [0.15, 0.2) is 24.3 Å². The fourth-order valence-corrected chi connectivity index (χ4v) is 1.43. The van der Waals surface area contributed by atoms with Crippen molar-refractivity contribution in [3.63, 3.8) is 0 Å². The topological polar surface area (TPSA) is 41.1 Å². The molecule has 0 aliphatic heterocycles. The highest BCUT2D eigenvalue weighted by atomic mass is 16.1. The van der Waals surface area contributed by atoms with Gasteiger partial charge in [0.15, 0.2) is 0 Å². The molecule has 0 fully saturated rings. The SMILES string of the molecule is C#CCNCC(=O)Nc1cccc(C(C)C)c1. The largest absolute Gasteiger partial charge is 0.325 e. The van der Waals surface area contributed by atoms with Crippen molar-refractivity contribution in [3.05, 3.63) is 29.8 Å². The Morgan fingerprint density at radius 3 is 2.88 bits per heavy atom. The second-order valence-corrected chi connectivity index (χ2v) is 4.14. The molecular weight excluding hydrogens is 212 g/mol. The number of terminal acetylenes is 1. The molecule has 90 valence electrons. The fourth-order valence-electron chi connectivity index (χ4n) is 1.43. The van der Waals surface area contributed by atoms with Gasteiger partial charge in [-0.25, -0.2) is 0 Å². The number of rotatable bonds is 5. The Balaban J connectivity index is 2.54. The van der Waals surface area contributed by atoms with E-state index in [1.807, 2.05) is 18.2 Å². The van der Waals surface area contributed by atoms with E-state index in [1.165, 1.54) is 5.56 Å². The zero-order valence-electron chi connectivity index (χ0n) is 10.3. The number of anilines is 1. The van der Waals surface area contributed by atoms with E-state index < -0.39 is 0 Å². The molecule has 3 heteroatoms. The summed E-state index contributed by atoms with van der Waals surface area (Å²) in [5.41, 5.74) is 2.03. The first-order valence-corrected chi connectivity index (χ1v) is 5.67. The summed E-state index contributed by atoms with van der Waals surface area (Å²) in [5.74, 6) is 2.79. The van der Waals surface area contributed by atoms with Crippen molar-refractivity contribution in [1.29, 1.82) is 0 Å². The molecule has 0 spiro atoms. The summed E-state index contributed by atoms with van der Waals surface area (Å²) in [7, 11) is 0. The van der Waals surface area contributed by atoms with Gasteiger partial charge in [-0.05, 0) is 23.6 Å². The van der Waals surface area contributed by atoms with E-state index in [9.17, 15) is 4.79 Å². The third-order valence-electron chi connectivity index (χ3n) is 2.35. The van der Waals surface area contributed by atoms with Crippen molar-refractivity contribution in [2.45, 2.75) is 19.8 Å². The van der Waals surface area contributed by atoms with Crippen LogP contribution in [0.2, 0.25) is 0 Å². The highest BCUT2D eigenvalue weighted by molar-refractivity contribution is 5.92. The minimum Gasteiger partial charge on any atom is -0.325 e. The third-order valence-corrected chi connectivity index (χ3v) is 2.35.